The van der Waals surface area contributed by atoms with E-state index >= 15 is 0 Å². The lowest BCUT2D eigenvalue weighted by Gasteiger charge is -2.44. The standard InChI is InChI=1S/C22H23N5O10/c28-20(29)23-24(21(30)37-14-15-6-2-3-7-18(15)26(33)34)22(10-4-1-5-11-22)13-16-12-17(25(31)32)8-9-19(16)27(35)36/h2-3,6-9,12,23H,1,4-5,10-11,13-14H2,(H,28,29). The molecular weight excluding hydrogens is 494 g/mol. The summed E-state index contributed by atoms with van der Waals surface area (Å²) < 4.78 is 5.25. The highest BCUT2D eigenvalue weighted by Gasteiger charge is 2.44. The summed E-state index contributed by atoms with van der Waals surface area (Å²) in [6, 6.07) is 8.56. The molecule has 15 heteroatoms. The predicted octanol–water partition coefficient (Wildman–Crippen LogP) is 4.48. The van der Waals surface area contributed by atoms with Crippen LogP contribution in [0.5, 0.6) is 0 Å². The largest absolute Gasteiger partial charge is 0.464 e. The van der Waals surface area contributed by atoms with Crippen molar-refractivity contribution in [3.05, 3.63) is 83.9 Å². The Morgan fingerprint density at radius 1 is 0.919 bits per heavy atom. The molecule has 0 aliphatic heterocycles. The maximum absolute atomic E-state index is 13.2. The summed E-state index contributed by atoms with van der Waals surface area (Å²) in [5.41, 5.74) is -0.437. The first kappa shape index (κ1) is 26.8. The first-order valence-corrected chi connectivity index (χ1v) is 11.1. The minimum atomic E-state index is -1.61. The van der Waals surface area contributed by atoms with Gasteiger partial charge in [0.1, 0.15) is 6.61 Å². The number of benzene rings is 2. The number of hydrazine groups is 1. The number of non-ortho nitro benzene ring substituents is 1. The summed E-state index contributed by atoms with van der Waals surface area (Å²) >= 11 is 0. The molecule has 0 saturated heterocycles. The van der Waals surface area contributed by atoms with Crippen LogP contribution in [0.3, 0.4) is 0 Å². The molecular formula is C22H23N5O10. The van der Waals surface area contributed by atoms with E-state index in [0.717, 1.165) is 29.6 Å². The molecule has 0 bridgehead atoms. The lowest BCUT2D eigenvalue weighted by molar-refractivity contribution is -0.389. The van der Waals surface area contributed by atoms with Gasteiger partial charge in [0.05, 0.1) is 25.9 Å². The number of hydrogen-bond donors (Lipinski definition) is 2. The third-order valence-electron chi connectivity index (χ3n) is 6.18. The van der Waals surface area contributed by atoms with Gasteiger partial charge in [-0.2, -0.15) is 0 Å². The van der Waals surface area contributed by atoms with Crippen LogP contribution in [0.25, 0.3) is 0 Å². The van der Waals surface area contributed by atoms with E-state index in [2.05, 4.69) is 0 Å². The first-order valence-electron chi connectivity index (χ1n) is 11.1. The molecule has 2 amide bonds. The number of carbonyl (C=O) groups excluding carboxylic acids is 1. The number of nitro groups is 3. The zero-order valence-corrected chi connectivity index (χ0v) is 19.4. The summed E-state index contributed by atoms with van der Waals surface area (Å²) in [5, 5.41) is 44.4. The highest BCUT2D eigenvalue weighted by Crippen LogP contribution is 2.39. The van der Waals surface area contributed by atoms with Crippen LogP contribution in [-0.2, 0) is 17.8 Å². The number of nitrogens with one attached hydrogen (secondary N) is 1. The number of nitrogens with zero attached hydrogens (tertiary/aromatic N) is 4. The van der Waals surface area contributed by atoms with Crippen molar-refractivity contribution in [3.63, 3.8) is 0 Å². The van der Waals surface area contributed by atoms with E-state index < -0.39 is 50.5 Å². The number of para-hydroxylation sites is 1. The summed E-state index contributed by atoms with van der Waals surface area (Å²) in [7, 11) is 0. The van der Waals surface area contributed by atoms with E-state index in [1.54, 1.807) is 0 Å². The van der Waals surface area contributed by atoms with Crippen molar-refractivity contribution in [1.82, 2.24) is 10.4 Å². The molecule has 0 unspecified atom stereocenters. The molecule has 2 N–H and O–H groups in total. The summed E-state index contributed by atoms with van der Waals surface area (Å²) in [4.78, 5) is 57.0. The maximum Gasteiger partial charge on any atom is 0.429 e. The average Bonchev–Trinajstić information content (AvgIpc) is 2.86. The van der Waals surface area contributed by atoms with Crippen molar-refractivity contribution in [2.45, 2.75) is 50.7 Å². The van der Waals surface area contributed by atoms with Crippen LogP contribution in [0.4, 0.5) is 26.7 Å². The molecule has 1 aliphatic rings. The fraction of sp³-hybridized carbons (Fsp3) is 0.364. The van der Waals surface area contributed by atoms with Crippen LogP contribution < -0.4 is 5.43 Å². The number of nitro benzene ring substituents is 3. The minimum Gasteiger partial charge on any atom is -0.464 e. The zero-order valence-electron chi connectivity index (χ0n) is 19.4. The summed E-state index contributed by atoms with van der Waals surface area (Å²) in [6.45, 7) is -0.541. The van der Waals surface area contributed by atoms with Crippen molar-refractivity contribution in [3.8, 4) is 0 Å². The topological polar surface area (TPSA) is 208 Å². The van der Waals surface area contributed by atoms with Crippen molar-refractivity contribution >= 4 is 29.2 Å². The van der Waals surface area contributed by atoms with Crippen LogP contribution in [0.1, 0.15) is 43.2 Å². The first-order chi connectivity index (χ1) is 17.5. The van der Waals surface area contributed by atoms with Crippen LogP contribution in [0.15, 0.2) is 42.5 Å². The molecule has 37 heavy (non-hydrogen) atoms. The molecule has 0 atom stereocenters. The SMILES string of the molecule is O=C(O)NN(C(=O)OCc1ccccc1[N+](=O)[O-])C1(Cc2cc([N+](=O)[O-])ccc2[N+](=O)[O-])CCCCC1. The second-order valence-electron chi connectivity index (χ2n) is 8.48. The number of amides is 2. The molecule has 2 aromatic rings. The van der Waals surface area contributed by atoms with E-state index in [9.17, 15) is 45.0 Å². The third-order valence-corrected chi connectivity index (χ3v) is 6.18. The van der Waals surface area contributed by atoms with Crippen LogP contribution >= 0.6 is 0 Å². The Hall–Kier alpha value is -4.82. The van der Waals surface area contributed by atoms with Crippen LogP contribution in [0.2, 0.25) is 0 Å². The molecule has 3 rings (SSSR count). The van der Waals surface area contributed by atoms with Crippen LogP contribution in [0, 0.1) is 30.3 Å². The van der Waals surface area contributed by atoms with Gasteiger partial charge >= 0.3 is 12.2 Å². The fourth-order valence-corrected chi connectivity index (χ4v) is 4.52. The van der Waals surface area contributed by atoms with E-state index in [1.807, 2.05) is 5.43 Å². The van der Waals surface area contributed by atoms with Crippen molar-refractivity contribution in [2.24, 2.45) is 0 Å². The van der Waals surface area contributed by atoms with Gasteiger partial charge in [-0.15, -0.1) is 0 Å². The predicted molar refractivity (Wildman–Crippen MR) is 126 cm³/mol. The number of carbonyl (C=O) groups is 2. The molecule has 1 aliphatic carbocycles. The van der Waals surface area contributed by atoms with Crippen LogP contribution in [-0.4, -0.2) is 42.6 Å². The second-order valence-corrected chi connectivity index (χ2v) is 8.48. The molecule has 0 aromatic heterocycles. The summed E-state index contributed by atoms with van der Waals surface area (Å²) in [6.07, 6.45) is -0.787. The Kier molecular flexibility index (Phi) is 8.16. The van der Waals surface area contributed by atoms with Gasteiger partial charge in [0, 0.05) is 36.2 Å². The lowest BCUT2D eigenvalue weighted by Crippen LogP contribution is -2.61. The smallest absolute Gasteiger partial charge is 0.429 e. The van der Waals surface area contributed by atoms with Gasteiger partial charge < -0.3 is 9.84 Å². The Morgan fingerprint density at radius 2 is 1.54 bits per heavy atom. The van der Waals surface area contributed by atoms with Gasteiger partial charge in [0.25, 0.3) is 17.1 Å². The lowest BCUT2D eigenvalue weighted by atomic mass is 9.76. The highest BCUT2D eigenvalue weighted by atomic mass is 16.6. The molecule has 196 valence electrons. The quantitative estimate of drug-likeness (QED) is 0.370. The second kappa shape index (κ2) is 11.3. The number of hydrogen-bond acceptors (Lipinski definition) is 9. The van der Waals surface area contributed by atoms with Gasteiger partial charge in [-0.1, -0.05) is 31.4 Å². The molecule has 0 heterocycles. The van der Waals surface area contributed by atoms with Gasteiger partial charge in [0.2, 0.25) is 0 Å². The van der Waals surface area contributed by atoms with Gasteiger partial charge in [-0.3, -0.25) is 30.3 Å². The average molecular weight is 517 g/mol. The monoisotopic (exact) mass is 517 g/mol. The molecule has 15 nitrogen and oxygen atoms in total. The van der Waals surface area contributed by atoms with E-state index in [-0.39, 0.29) is 36.1 Å². The van der Waals surface area contributed by atoms with Crippen molar-refractivity contribution in [1.29, 1.82) is 0 Å². The Labute approximate surface area is 209 Å². The maximum atomic E-state index is 13.2. The van der Waals surface area contributed by atoms with E-state index in [0.29, 0.717) is 12.8 Å². The zero-order chi connectivity index (χ0) is 27.2. The Morgan fingerprint density at radius 3 is 2.14 bits per heavy atom. The molecule has 0 radical (unpaired) electrons. The Bertz CT molecular complexity index is 1230. The Balaban J connectivity index is 1.99. The van der Waals surface area contributed by atoms with E-state index in [1.165, 1.54) is 24.3 Å². The van der Waals surface area contributed by atoms with Gasteiger partial charge in [-0.25, -0.2) is 20.0 Å². The number of ether oxygens (including phenoxy) is 1. The normalized spacial score (nSPS) is 14.3. The van der Waals surface area contributed by atoms with Crippen molar-refractivity contribution < 1.29 is 34.2 Å². The highest BCUT2D eigenvalue weighted by molar-refractivity contribution is 5.74. The molecule has 2 aromatic carbocycles. The third kappa shape index (κ3) is 6.25. The fourth-order valence-electron chi connectivity index (χ4n) is 4.52. The molecule has 0 spiro atoms. The molecule has 1 fully saturated rings. The molecule has 1 saturated carbocycles. The van der Waals surface area contributed by atoms with Gasteiger partial charge in [0.15, 0.2) is 0 Å². The van der Waals surface area contributed by atoms with Crippen molar-refractivity contribution in [2.75, 3.05) is 0 Å². The summed E-state index contributed by atoms with van der Waals surface area (Å²) in [5.74, 6) is 0. The minimum absolute atomic E-state index is 0.0511. The number of rotatable bonds is 8. The van der Waals surface area contributed by atoms with Gasteiger partial charge in [-0.05, 0) is 18.9 Å². The van der Waals surface area contributed by atoms with E-state index in [4.69, 9.17) is 4.74 Å². The number of carboxylic acid groups (broad SMARTS) is 1.